The Kier molecular flexibility index (Phi) is 5.31. The van der Waals surface area contributed by atoms with Crippen LogP contribution in [0.5, 0.6) is 0 Å². The molecule has 4 rings (SSSR count). The van der Waals surface area contributed by atoms with E-state index in [0.717, 1.165) is 12.8 Å². The number of hydrogen-bond donors (Lipinski definition) is 1. The summed E-state index contributed by atoms with van der Waals surface area (Å²) >= 11 is 6.13. The zero-order valence-electron chi connectivity index (χ0n) is 15.2. The number of aromatic nitrogens is 4. The Morgan fingerprint density at radius 1 is 1.28 bits per heavy atom. The first-order valence-electron chi connectivity index (χ1n) is 9.02. The van der Waals surface area contributed by atoms with E-state index in [9.17, 15) is 18.0 Å². The molecule has 0 unspecified atom stereocenters. The first-order chi connectivity index (χ1) is 13.9. The van der Waals surface area contributed by atoms with Gasteiger partial charge in [0.05, 0.1) is 6.54 Å². The summed E-state index contributed by atoms with van der Waals surface area (Å²) in [5.74, 6) is -0.531. The fourth-order valence-electron chi connectivity index (χ4n) is 3.09. The van der Waals surface area contributed by atoms with Crippen molar-refractivity contribution in [3.8, 4) is 0 Å². The number of benzene rings is 1. The number of anilines is 1. The van der Waals surface area contributed by atoms with Crippen LogP contribution in [0.3, 0.4) is 0 Å². The molecule has 0 atom stereocenters. The van der Waals surface area contributed by atoms with Crippen LogP contribution in [-0.4, -0.2) is 25.5 Å². The molecule has 152 valence electrons. The van der Waals surface area contributed by atoms with E-state index in [-0.39, 0.29) is 41.4 Å². The fraction of sp³-hybridized carbons (Fsp3) is 0.316. The van der Waals surface area contributed by atoms with Gasteiger partial charge >= 0.3 is 0 Å². The van der Waals surface area contributed by atoms with Gasteiger partial charge in [-0.3, -0.25) is 14.2 Å². The van der Waals surface area contributed by atoms with Crippen molar-refractivity contribution in [1.29, 1.82) is 0 Å². The number of nitrogens with one attached hydrogen (secondary N) is 1. The Bertz CT molecular complexity index is 1040. The van der Waals surface area contributed by atoms with Crippen molar-refractivity contribution < 1.29 is 18.0 Å². The predicted molar refractivity (Wildman–Crippen MR) is 101 cm³/mol. The van der Waals surface area contributed by atoms with Gasteiger partial charge in [0, 0.05) is 17.8 Å². The number of halogens is 4. The van der Waals surface area contributed by atoms with E-state index in [1.54, 1.807) is 12.1 Å². The minimum Gasteiger partial charge on any atom is -0.306 e. The van der Waals surface area contributed by atoms with Crippen LogP contribution in [0.4, 0.5) is 19.0 Å². The quantitative estimate of drug-likeness (QED) is 0.613. The Labute approximate surface area is 169 Å². The minimum absolute atomic E-state index is 0.141. The number of carbonyl (C=O) groups excluding carboxylic acids is 1. The highest BCUT2D eigenvalue weighted by Crippen LogP contribution is 2.41. The normalized spacial score (nSPS) is 13.8. The molecule has 0 radical (unpaired) electrons. The second-order valence-corrected chi connectivity index (χ2v) is 7.34. The van der Waals surface area contributed by atoms with Gasteiger partial charge in [0.25, 0.3) is 6.43 Å². The first kappa shape index (κ1) is 19.5. The summed E-state index contributed by atoms with van der Waals surface area (Å²) in [6, 6.07) is 7.42. The molecule has 1 fully saturated rings. The molecule has 1 aliphatic rings. The lowest BCUT2D eigenvalue weighted by atomic mass is 10.2. The van der Waals surface area contributed by atoms with Crippen LogP contribution < -0.4 is 5.32 Å². The van der Waals surface area contributed by atoms with Gasteiger partial charge in [-0.25, -0.2) is 13.2 Å². The van der Waals surface area contributed by atoms with Crippen molar-refractivity contribution >= 4 is 23.3 Å². The lowest BCUT2D eigenvalue weighted by molar-refractivity contribution is -0.117. The summed E-state index contributed by atoms with van der Waals surface area (Å²) in [6.45, 7) is 0.0573. The monoisotopic (exact) mass is 423 g/mol. The molecule has 1 N–H and O–H groups in total. The van der Waals surface area contributed by atoms with Crippen LogP contribution in [0, 0.1) is 5.82 Å². The standard InChI is InChI=1S/C19H17ClF3N5O/c20-14-9-27(8-11-2-1-3-13(21)6-11)26-19(14)24-17(29)10-28-16(12-4-5-12)7-15(25-28)18(22)23/h1-3,6-7,9,12,18H,4-5,8,10H2,(H,24,26,29). The third kappa shape index (κ3) is 4.61. The fourth-order valence-corrected chi connectivity index (χ4v) is 3.28. The molecular weight excluding hydrogens is 407 g/mol. The van der Waals surface area contributed by atoms with Gasteiger partial charge in [0.1, 0.15) is 23.1 Å². The molecule has 10 heteroatoms. The van der Waals surface area contributed by atoms with E-state index in [4.69, 9.17) is 11.6 Å². The molecule has 0 saturated heterocycles. The molecule has 29 heavy (non-hydrogen) atoms. The Morgan fingerprint density at radius 3 is 2.76 bits per heavy atom. The SMILES string of the molecule is O=C(Cn1nc(C(F)F)cc1C1CC1)Nc1nn(Cc2cccc(F)c2)cc1Cl. The van der Waals surface area contributed by atoms with Crippen molar-refractivity contribution in [3.63, 3.8) is 0 Å². The van der Waals surface area contributed by atoms with E-state index in [1.165, 1.54) is 33.8 Å². The van der Waals surface area contributed by atoms with Crippen molar-refractivity contribution in [2.75, 3.05) is 5.32 Å². The summed E-state index contributed by atoms with van der Waals surface area (Å²) in [5.41, 5.74) is 0.988. The predicted octanol–water partition coefficient (Wildman–Crippen LogP) is 4.37. The van der Waals surface area contributed by atoms with Crippen LogP contribution in [0.15, 0.2) is 36.5 Å². The second kappa shape index (κ2) is 7.90. The molecule has 1 aromatic carbocycles. The number of nitrogens with zero attached hydrogens (tertiary/aromatic N) is 4. The molecule has 1 aliphatic carbocycles. The molecule has 2 heterocycles. The summed E-state index contributed by atoms with van der Waals surface area (Å²) < 4.78 is 42.0. The highest BCUT2D eigenvalue weighted by Gasteiger charge is 2.30. The van der Waals surface area contributed by atoms with Crippen molar-refractivity contribution in [2.24, 2.45) is 0 Å². The molecule has 2 aromatic heterocycles. The number of rotatable bonds is 7. The van der Waals surface area contributed by atoms with Crippen molar-refractivity contribution in [1.82, 2.24) is 19.6 Å². The van der Waals surface area contributed by atoms with Gasteiger partial charge in [-0.05, 0) is 36.6 Å². The van der Waals surface area contributed by atoms with Crippen LogP contribution >= 0.6 is 11.6 Å². The Hall–Kier alpha value is -2.81. The molecule has 0 spiro atoms. The van der Waals surface area contributed by atoms with Gasteiger partial charge in [-0.1, -0.05) is 23.7 Å². The number of carbonyl (C=O) groups is 1. The summed E-state index contributed by atoms with van der Waals surface area (Å²) in [6.07, 6.45) is 0.615. The molecule has 6 nitrogen and oxygen atoms in total. The maximum Gasteiger partial charge on any atom is 0.282 e. The maximum absolute atomic E-state index is 13.3. The summed E-state index contributed by atoms with van der Waals surface area (Å²) in [7, 11) is 0. The topological polar surface area (TPSA) is 64.7 Å². The molecule has 1 amide bonds. The first-order valence-corrected chi connectivity index (χ1v) is 9.40. The average molecular weight is 424 g/mol. The molecule has 0 bridgehead atoms. The van der Waals surface area contributed by atoms with Crippen molar-refractivity contribution in [3.05, 3.63) is 64.3 Å². The zero-order valence-corrected chi connectivity index (χ0v) is 15.9. The number of amides is 1. The minimum atomic E-state index is -2.69. The highest BCUT2D eigenvalue weighted by molar-refractivity contribution is 6.33. The van der Waals surface area contributed by atoms with Crippen LogP contribution in [0.1, 0.15) is 42.1 Å². The Morgan fingerprint density at radius 2 is 2.07 bits per heavy atom. The van der Waals surface area contributed by atoms with Crippen molar-refractivity contribution in [2.45, 2.75) is 38.3 Å². The average Bonchev–Trinajstić information content (AvgIpc) is 3.32. The van der Waals surface area contributed by atoms with Crippen LogP contribution in [0.2, 0.25) is 5.02 Å². The lowest BCUT2D eigenvalue weighted by Gasteiger charge is -2.07. The Balaban J connectivity index is 1.44. The molecule has 0 aliphatic heterocycles. The largest absolute Gasteiger partial charge is 0.306 e. The van der Waals surface area contributed by atoms with Gasteiger partial charge in [-0.15, -0.1) is 0 Å². The smallest absolute Gasteiger partial charge is 0.282 e. The van der Waals surface area contributed by atoms with Gasteiger partial charge in [0.2, 0.25) is 5.91 Å². The highest BCUT2D eigenvalue weighted by atomic mass is 35.5. The second-order valence-electron chi connectivity index (χ2n) is 6.93. The number of alkyl halides is 2. The zero-order chi connectivity index (χ0) is 20.5. The van der Waals surface area contributed by atoms with Gasteiger partial charge in [-0.2, -0.15) is 10.2 Å². The van der Waals surface area contributed by atoms with Gasteiger partial charge in [0.15, 0.2) is 5.82 Å². The van der Waals surface area contributed by atoms with E-state index < -0.39 is 12.3 Å². The molecular formula is C19H17ClF3N5O. The molecule has 1 saturated carbocycles. The summed E-state index contributed by atoms with van der Waals surface area (Å²) in [4.78, 5) is 12.4. The lowest BCUT2D eigenvalue weighted by Crippen LogP contribution is -2.21. The van der Waals surface area contributed by atoms with E-state index in [2.05, 4.69) is 15.5 Å². The third-order valence-electron chi connectivity index (χ3n) is 4.55. The van der Waals surface area contributed by atoms with E-state index in [1.807, 2.05) is 0 Å². The van der Waals surface area contributed by atoms with Gasteiger partial charge < -0.3 is 5.32 Å². The number of hydrogen-bond acceptors (Lipinski definition) is 3. The summed E-state index contributed by atoms with van der Waals surface area (Å²) in [5, 5.41) is 10.8. The third-order valence-corrected chi connectivity index (χ3v) is 4.83. The van der Waals surface area contributed by atoms with E-state index in [0.29, 0.717) is 11.3 Å². The van der Waals surface area contributed by atoms with E-state index >= 15 is 0 Å². The van der Waals surface area contributed by atoms with Crippen LogP contribution in [-0.2, 0) is 17.9 Å². The maximum atomic E-state index is 13.3. The molecule has 3 aromatic rings. The van der Waals surface area contributed by atoms with Crippen LogP contribution in [0.25, 0.3) is 0 Å².